The molecule has 0 aromatic carbocycles. The van der Waals surface area contributed by atoms with Crippen molar-refractivity contribution in [2.75, 3.05) is 0 Å². The molecule has 10 heavy (non-hydrogen) atoms. The Morgan fingerprint density at radius 3 is 2.90 bits per heavy atom. The van der Waals surface area contributed by atoms with Crippen molar-refractivity contribution in [1.82, 2.24) is 0 Å². The molecule has 4 nitrogen and oxygen atoms in total. The lowest BCUT2D eigenvalue weighted by atomic mass is 10.5. The fourth-order valence-electron chi connectivity index (χ4n) is 0.453. The van der Waals surface area contributed by atoms with E-state index in [4.69, 9.17) is 5.11 Å². The maximum Gasteiger partial charge on any atom is 0.329 e. The summed E-state index contributed by atoms with van der Waals surface area (Å²) in [6.45, 7) is 0. The van der Waals surface area contributed by atoms with Gasteiger partial charge in [0.25, 0.3) is 5.91 Å². The van der Waals surface area contributed by atoms with E-state index in [0.29, 0.717) is 0 Å². The number of thioether (sulfide) groups is 1. The number of rotatable bonds is 1. The van der Waals surface area contributed by atoms with Crippen LogP contribution in [0.3, 0.4) is 0 Å². The molecule has 1 aliphatic heterocycles. The second-order valence-corrected chi connectivity index (χ2v) is 2.39. The highest BCUT2D eigenvalue weighted by atomic mass is 32.2. The first-order valence-corrected chi connectivity index (χ1v) is 3.26. The zero-order valence-electron chi connectivity index (χ0n) is 4.77. The normalized spacial score (nSPS) is 20.4. The Morgan fingerprint density at radius 2 is 2.50 bits per heavy atom. The minimum absolute atomic E-state index is 0.160. The van der Waals surface area contributed by atoms with Crippen LogP contribution >= 0.6 is 11.8 Å². The zero-order chi connectivity index (χ0) is 7.56. The number of carbonyl (C=O) groups excluding carboxylic acids is 1. The van der Waals surface area contributed by atoms with E-state index in [1.807, 2.05) is 0 Å². The topological polar surface area (TPSA) is 66.7 Å². The Bertz CT molecular complexity index is 243. The molecule has 0 radical (unpaired) electrons. The van der Waals surface area contributed by atoms with Crippen LogP contribution in [0.1, 0.15) is 0 Å². The molecule has 0 saturated carbocycles. The van der Waals surface area contributed by atoms with E-state index in [0.717, 1.165) is 17.8 Å². The van der Waals surface area contributed by atoms with Gasteiger partial charge in [-0.25, -0.2) is 9.79 Å². The van der Waals surface area contributed by atoms with E-state index in [1.165, 1.54) is 5.55 Å². The van der Waals surface area contributed by atoms with Crippen LogP contribution in [-0.2, 0) is 9.59 Å². The van der Waals surface area contributed by atoms with Crippen LogP contribution in [0.4, 0.5) is 0 Å². The Hall–Kier alpha value is -1.10. The monoisotopic (exact) mass is 157 g/mol. The van der Waals surface area contributed by atoms with Crippen molar-refractivity contribution in [3.8, 4) is 0 Å². The van der Waals surface area contributed by atoms with Crippen LogP contribution < -0.4 is 0 Å². The summed E-state index contributed by atoms with van der Waals surface area (Å²) in [6, 6.07) is 0. The second kappa shape index (κ2) is 2.66. The number of aliphatic carboxylic acids is 1. The van der Waals surface area contributed by atoms with Crippen molar-refractivity contribution in [3.63, 3.8) is 0 Å². The summed E-state index contributed by atoms with van der Waals surface area (Å²) in [4.78, 5) is 24.1. The molecule has 1 amide bonds. The van der Waals surface area contributed by atoms with Gasteiger partial charge in [0.05, 0.1) is 10.5 Å². The van der Waals surface area contributed by atoms with Crippen LogP contribution in [0.15, 0.2) is 16.0 Å². The summed E-state index contributed by atoms with van der Waals surface area (Å²) in [6.07, 6.45) is 0.847. The molecular formula is C5H3NO3S. The third-order valence-corrected chi connectivity index (χ3v) is 1.57. The number of nitrogens with zero attached hydrogens (tertiary/aromatic N) is 1. The molecule has 1 rings (SSSR count). The molecule has 0 unspecified atom stereocenters. The van der Waals surface area contributed by atoms with E-state index in [-0.39, 0.29) is 4.91 Å². The summed E-state index contributed by atoms with van der Waals surface area (Å²) in [5.41, 5.74) is 1.32. The van der Waals surface area contributed by atoms with Gasteiger partial charge in [-0.3, -0.25) is 4.79 Å². The van der Waals surface area contributed by atoms with Crippen LogP contribution in [0.5, 0.6) is 0 Å². The number of carbonyl (C=O) groups is 2. The number of aliphatic imine (C=N–C) groups is 1. The lowest BCUT2D eigenvalue weighted by molar-refractivity contribution is -0.131. The van der Waals surface area contributed by atoms with Crippen molar-refractivity contribution >= 4 is 29.2 Å². The summed E-state index contributed by atoms with van der Waals surface area (Å²) in [5, 5.41) is 8.19. The fourth-order valence-corrected chi connectivity index (χ4v) is 1.04. The molecule has 0 aromatic rings. The smallest absolute Gasteiger partial charge is 0.329 e. The van der Waals surface area contributed by atoms with Gasteiger partial charge < -0.3 is 5.11 Å². The number of hydrogen-bond donors (Lipinski definition) is 1. The highest BCUT2D eigenvalue weighted by molar-refractivity contribution is 8.16. The van der Waals surface area contributed by atoms with Gasteiger partial charge in [0.1, 0.15) is 0 Å². The summed E-state index contributed by atoms with van der Waals surface area (Å²) < 4.78 is 0. The average Bonchev–Trinajstić information content (AvgIpc) is 2.15. The number of amides is 1. The van der Waals surface area contributed by atoms with Crippen molar-refractivity contribution in [3.05, 3.63) is 11.0 Å². The van der Waals surface area contributed by atoms with Gasteiger partial charge in [-0.05, 0) is 0 Å². The molecule has 0 saturated heterocycles. The lowest BCUT2D eigenvalue weighted by Crippen LogP contribution is -1.94. The summed E-state index contributed by atoms with van der Waals surface area (Å²) >= 11 is 1.02. The van der Waals surface area contributed by atoms with Crippen LogP contribution in [0.2, 0.25) is 0 Å². The lowest BCUT2D eigenvalue weighted by Gasteiger charge is -1.85. The molecule has 0 spiro atoms. The largest absolute Gasteiger partial charge is 0.478 e. The van der Waals surface area contributed by atoms with Gasteiger partial charge in [0, 0.05) is 6.08 Å². The molecule has 1 aliphatic rings. The van der Waals surface area contributed by atoms with Crippen LogP contribution in [-0.4, -0.2) is 22.5 Å². The Balaban J connectivity index is 2.77. The maximum atomic E-state index is 10.6. The van der Waals surface area contributed by atoms with E-state index < -0.39 is 11.9 Å². The fraction of sp³-hybridized carbons (Fsp3) is 0. The highest BCUT2D eigenvalue weighted by Crippen LogP contribution is 2.19. The molecule has 0 aliphatic carbocycles. The standard InChI is InChI=1S/C5H3NO3S/c7-4(8)1-3-5(9)6-2-10-3/h1-2H,(H,7,8)/b3-1-. The third kappa shape index (κ3) is 1.44. The first kappa shape index (κ1) is 7.01. The molecule has 0 fully saturated rings. The van der Waals surface area contributed by atoms with Gasteiger partial charge in [-0.2, -0.15) is 0 Å². The summed E-state index contributed by atoms with van der Waals surface area (Å²) in [5.74, 6) is -1.60. The summed E-state index contributed by atoms with van der Waals surface area (Å²) in [7, 11) is 0. The van der Waals surface area contributed by atoms with Crippen molar-refractivity contribution in [1.29, 1.82) is 0 Å². The average molecular weight is 157 g/mol. The van der Waals surface area contributed by atoms with Crippen molar-refractivity contribution in [2.45, 2.75) is 0 Å². The first-order valence-electron chi connectivity index (χ1n) is 2.38. The molecule has 1 N–H and O–H groups in total. The van der Waals surface area contributed by atoms with E-state index in [1.54, 1.807) is 0 Å². The third-order valence-electron chi connectivity index (χ3n) is 0.815. The minimum atomic E-state index is -1.12. The SMILES string of the molecule is O=C(O)/C=C1\SC=NC1=O. The molecular weight excluding hydrogens is 154 g/mol. The maximum absolute atomic E-state index is 10.6. The van der Waals surface area contributed by atoms with Crippen molar-refractivity contribution in [2.24, 2.45) is 4.99 Å². The van der Waals surface area contributed by atoms with Crippen LogP contribution in [0, 0.1) is 0 Å². The minimum Gasteiger partial charge on any atom is -0.478 e. The number of carboxylic acid groups (broad SMARTS) is 1. The Labute approximate surface area is 60.6 Å². The highest BCUT2D eigenvalue weighted by Gasteiger charge is 2.14. The molecule has 1 heterocycles. The first-order chi connectivity index (χ1) is 4.70. The van der Waals surface area contributed by atoms with Gasteiger partial charge in [-0.15, -0.1) is 0 Å². The van der Waals surface area contributed by atoms with E-state index >= 15 is 0 Å². The zero-order valence-corrected chi connectivity index (χ0v) is 5.59. The van der Waals surface area contributed by atoms with Crippen LogP contribution in [0.25, 0.3) is 0 Å². The van der Waals surface area contributed by atoms with Gasteiger partial charge in [0.2, 0.25) is 0 Å². The van der Waals surface area contributed by atoms with E-state index in [2.05, 4.69) is 4.99 Å². The quantitative estimate of drug-likeness (QED) is 0.554. The predicted octanol–water partition coefficient (Wildman–Crippen LogP) is 0.257. The molecule has 5 heteroatoms. The second-order valence-electron chi connectivity index (χ2n) is 1.50. The van der Waals surface area contributed by atoms with Crippen molar-refractivity contribution < 1.29 is 14.7 Å². The Kier molecular flexibility index (Phi) is 1.86. The number of hydrogen-bond acceptors (Lipinski definition) is 3. The molecule has 0 atom stereocenters. The predicted molar refractivity (Wildman–Crippen MR) is 36.8 cm³/mol. The molecule has 0 aromatic heterocycles. The van der Waals surface area contributed by atoms with E-state index in [9.17, 15) is 9.59 Å². The number of carboxylic acids is 1. The van der Waals surface area contributed by atoms with Gasteiger partial charge >= 0.3 is 5.97 Å². The van der Waals surface area contributed by atoms with Gasteiger partial charge in [0.15, 0.2) is 0 Å². The Morgan fingerprint density at radius 1 is 1.80 bits per heavy atom. The molecule has 0 bridgehead atoms. The van der Waals surface area contributed by atoms with Gasteiger partial charge in [-0.1, -0.05) is 11.8 Å². The molecule has 52 valence electrons.